The van der Waals surface area contributed by atoms with E-state index >= 15 is 0 Å². The maximum Gasteiger partial charge on any atom is 0.345 e. The number of fused-ring (bicyclic) bond motifs is 1. The van der Waals surface area contributed by atoms with E-state index in [2.05, 4.69) is 15.0 Å². The van der Waals surface area contributed by atoms with E-state index in [0.29, 0.717) is 44.0 Å². The van der Waals surface area contributed by atoms with Crippen LogP contribution in [0.2, 0.25) is 0 Å². The SMILES string of the molecule is Cc1noc(C)c1S(=O)(=O)NC1CCc2nn(CC3CC3)c(=O)n2CC1. The van der Waals surface area contributed by atoms with E-state index in [4.69, 9.17) is 4.52 Å². The Hall–Kier alpha value is -1.94. The average molecular weight is 381 g/mol. The highest BCUT2D eigenvalue weighted by Gasteiger charge is 2.30. The molecule has 1 saturated carbocycles. The zero-order valence-electron chi connectivity index (χ0n) is 14.9. The first-order valence-corrected chi connectivity index (χ1v) is 10.4. The van der Waals surface area contributed by atoms with Crippen LogP contribution in [0.15, 0.2) is 14.2 Å². The van der Waals surface area contributed by atoms with E-state index in [-0.39, 0.29) is 22.4 Å². The Balaban J connectivity index is 1.48. The topological polar surface area (TPSA) is 112 Å². The fourth-order valence-corrected chi connectivity index (χ4v) is 5.18. The number of nitrogens with one attached hydrogen (secondary N) is 1. The molecule has 1 aliphatic heterocycles. The van der Waals surface area contributed by atoms with Gasteiger partial charge in [-0.3, -0.25) is 4.57 Å². The lowest BCUT2D eigenvalue weighted by Gasteiger charge is -2.16. The number of aromatic nitrogens is 4. The Bertz CT molecular complexity index is 963. The number of nitrogens with zero attached hydrogens (tertiary/aromatic N) is 4. The highest BCUT2D eigenvalue weighted by molar-refractivity contribution is 7.89. The fourth-order valence-electron chi connectivity index (χ4n) is 3.55. The molecule has 1 atom stereocenters. The van der Waals surface area contributed by atoms with Gasteiger partial charge >= 0.3 is 5.69 Å². The van der Waals surface area contributed by atoms with Crippen molar-refractivity contribution in [3.8, 4) is 0 Å². The van der Waals surface area contributed by atoms with E-state index in [9.17, 15) is 13.2 Å². The zero-order chi connectivity index (χ0) is 18.5. The van der Waals surface area contributed by atoms with Gasteiger partial charge in [-0.05, 0) is 45.4 Å². The number of rotatable bonds is 5. The summed E-state index contributed by atoms with van der Waals surface area (Å²) >= 11 is 0. The van der Waals surface area contributed by atoms with Crippen LogP contribution < -0.4 is 10.4 Å². The second kappa shape index (κ2) is 6.34. The molecule has 9 nitrogen and oxygen atoms in total. The van der Waals surface area contributed by atoms with E-state index < -0.39 is 10.0 Å². The van der Waals surface area contributed by atoms with Crippen molar-refractivity contribution in [2.45, 2.75) is 70.0 Å². The number of sulfonamides is 1. The molecule has 0 amide bonds. The second-order valence-electron chi connectivity index (χ2n) is 7.27. The first-order chi connectivity index (χ1) is 12.3. The molecule has 1 unspecified atom stereocenters. The highest BCUT2D eigenvalue weighted by Crippen LogP contribution is 2.30. The molecule has 1 aliphatic carbocycles. The molecular formula is C16H23N5O4S. The van der Waals surface area contributed by atoms with Gasteiger partial charge in [-0.1, -0.05) is 5.16 Å². The summed E-state index contributed by atoms with van der Waals surface area (Å²) in [5.41, 5.74) is 0.264. The molecule has 26 heavy (non-hydrogen) atoms. The molecule has 142 valence electrons. The summed E-state index contributed by atoms with van der Waals surface area (Å²) < 4.78 is 36.3. The van der Waals surface area contributed by atoms with Gasteiger partial charge in [0.1, 0.15) is 16.4 Å². The molecule has 1 N–H and O–H groups in total. The van der Waals surface area contributed by atoms with Crippen LogP contribution >= 0.6 is 0 Å². The molecule has 1 fully saturated rings. The zero-order valence-corrected chi connectivity index (χ0v) is 15.8. The molecular weight excluding hydrogens is 358 g/mol. The molecule has 0 bridgehead atoms. The molecule has 10 heteroatoms. The van der Waals surface area contributed by atoms with E-state index in [0.717, 1.165) is 5.82 Å². The monoisotopic (exact) mass is 381 g/mol. The van der Waals surface area contributed by atoms with Crippen molar-refractivity contribution in [3.05, 3.63) is 27.8 Å². The molecule has 0 saturated heterocycles. The van der Waals surface area contributed by atoms with Crippen LogP contribution in [0.5, 0.6) is 0 Å². The Morgan fingerprint density at radius 2 is 2.00 bits per heavy atom. The molecule has 0 radical (unpaired) electrons. The van der Waals surface area contributed by atoms with Crippen LogP contribution in [-0.2, 0) is 29.5 Å². The molecule has 2 aromatic heterocycles. The third kappa shape index (κ3) is 3.23. The third-order valence-corrected chi connectivity index (χ3v) is 6.87. The van der Waals surface area contributed by atoms with Gasteiger partial charge in [0.15, 0.2) is 5.76 Å². The van der Waals surface area contributed by atoms with Crippen LogP contribution in [0.1, 0.15) is 43.0 Å². The van der Waals surface area contributed by atoms with Crippen molar-refractivity contribution in [1.29, 1.82) is 0 Å². The van der Waals surface area contributed by atoms with Gasteiger partial charge in [0, 0.05) is 25.6 Å². The summed E-state index contributed by atoms with van der Waals surface area (Å²) in [6.07, 6.45) is 4.05. The minimum atomic E-state index is -3.71. The first-order valence-electron chi connectivity index (χ1n) is 8.97. The average Bonchev–Trinajstić information content (AvgIpc) is 3.29. The quantitative estimate of drug-likeness (QED) is 0.818. The summed E-state index contributed by atoms with van der Waals surface area (Å²) in [5.74, 6) is 1.61. The molecule has 0 aromatic carbocycles. The number of aryl methyl sites for hydroxylation is 3. The lowest BCUT2D eigenvalue weighted by Crippen LogP contribution is -2.36. The minimum absolute atomic E-state index is 0.0823. The van der Waals surface area contributed by atoms with Crippen molar-refractivity contribution in [3.63, 3.8) is 0 Å². The van der Waals surface area contributed by atoms with Crippen LogP contribution in [0, 0.1) is 19.8 Å². The van der Waals surface area contributed by atoms with Crippen molar-refractivity contribution in [2.75, 3.05) is 0 Å². The van der Waals surface area contributed by atoms with Crippen molar-refractivity contribution in [2.24, 2.45) is 5.92 Å². The van der Waals surface area contributed by atoms with Gasteiger partial charge in [-0.25, -0.2) is 22.6 Å². The van der Waals surface area contributed by atoms with Gasteiger partial charge in [0.2, 0.25) is 10.0 Å². The standard InChI is InChI=1S/C16H23N5O4S/c1-10-15(11(2)25-18-10)26(23,24)19-13-5-6-14-17-21(9-12-3-4-12)16(22)20(14)8-7-13/h12-13,19H,3-9H2,1-2H3. The van der Waals surface area contributed by atoms with Gasteiger partial charge in [0.05, 0.1) is 0 Å². The van der Waals surface area contributed by atoms with Crippen molar-refractivity contribution < 1.29 is 12.9 Å². The van der Waals surface area contributed by atoms with E-state index in [1.807, 2.05) is 0 Å². The van der Waals surface area contributed by atoms with E-state index in [1.54, 1.807) is 23.1 Å². The van der Waals surface area contributed by atoms with Crippen LogP contribution in [-0.4, -0.2) is 34.0 Å². The smallest absolute Gasteiger partial charge is 0.345 e. The lowest BCUT2D eigenvalue weighted by molar-refractivity contribution is 0.390. The minimum Gasteiger partial charge on any atom is -0.360 e. The predicted molar refractivity (Wildman–Crippen MR) is 92.2 cm³/mol. The van der Waals surface area contributed by atoms with Crippen molar-refractivity contribution >= 4 is 10.0 Å². The largest absolute Gasteiger partial charge is 0.360 e. The van der Waals surface area contributed by atoms with Crippen LogP contribution in [0.25, 0.3) is 0 Å². The third-order valence-electron chi connectivity index (χ3n) is 5.10. The van der Waals surface area contributed by atoms with Gasteiger partial charge in [-0.2, -0.15) is 5.10 Å². The second-order valence-corrected chi connectivity index (χ2v) is 8.93. The summed E-state index contributed by atoms with van der Waals surface area (Å²) in [6.45, 7) is 4.35. The van der Waals surface area contributed by atoms with Gasteiger partial charge in [0.25, 0.3) is 0 Å². The van der Waals surface area contributed by atoms with E-state index in [1.165, 1.54) is 12.8 Å². The van der Waals surface area contributed by atoms with Gasteiger partial charge < -0.3 is 4.52 Å². The molecule has 0 spiro atoms. The molecule has 2 aliphatic rings. The number of hydrogen-bond acceptors (Lipinski definition) is 6. The maximum absolute atomic E-state index is 12.7. The first kappa shape index (κ1) is 17.5. The summed E-state index contributed by atoms with van der Waals surface area (Å²) in [5, 5.41) is 8.18. The highest BCUT2D eigenvalue weighted by atomic mass is 32.2. The number of hydrogen-bond donors (Lipinski definition) is 1. The molecule has 3 heterocycles. The molecule has 4 rings (SSSR count). The Morgan fingerprint density at radius 1 is 1.23 bits per heavy atom. The Labute approximate surface area is 151 Å². The van der Waals surface area contributed by atoms with Crippen molar-refractivity contribution in [1.82, 2.24) is 24.2 Å². The normalized spacial score (nSPS) is 20.8. The van der Waals surface area contributed by atoms with Gasteiger partial charge in [-0.15, -0.1) is 0 Å². The maximum atomic E-state index is 12.7. The fraction of sp³-hybridized carbons (Fsp3) is 0.688. The molecule has 2 aromatic rings. The van der Waals surface area contributed by atoms with Crippen LogP contribution in [0.4, 0.5) is 0 Å². The summed E-state index contributed by atoms with van der Waals surface area (Å²) in [6, 6.07) is -0.258. The Morgan fingerprint density at radius 3 is 2.65 bits per heavy atom. The van der Waals surface area contributed by atoms with Crippen LogP contribution in [0.3, 0.4) is 0 Å². The summed E-state index contributed by atoms with van der Waals surface area (Å²) in [7, 11) is -3.71. The Kier molecular flexibility index (Phi) is 4.26. The lowest BCUT2D eigenvalue weighted by atomic mass is 10.1. The predicted octanol–water partition coefficient (Wildman–Crippen LogP) is 0.743. The summed E-state index contributed by atoms with van der Waals surface area (Å²) in [4.78, 5) is 12.6.